The molecule has 0 aromatic carbocycles. The molecule has 1 fully saturated rings. The number of nitrogens with zero attached hydrogens (tertiary/aromatic N) is 2. The van der Waals surface area contributed by atoms with E-state index in [1.165, 1.54) is 12.8 Å². The number of hydrogen-bond donors (Lipinski definition) is 1. The van der Waals surface area contributed by atoms with Gasteiger partial charge in [-0.1, -0.05) is 6.92 Å². The lowest BCUT2D eigenvalue weighted by Crippen LogP contribution is -2.22. The number of carbonyl (C=O) groups is 1. The highest BCUT2D eigenvalue weighted by atomic mass is 32.1. The number of likely N-dealkylation sites (tertiary alicyclic amines) is 1. The Labute approximate surface area is 105 Å². The van der Waals surface area contributed by atoms with E-state index in [0.29, 0.717) is 12.5 Å². The van der Waals surface area contributed by atoms with Gasteiger partial charge in [-0.05, 0) is 32.4 Å². The molecule has 1 aliphatic heterocycles. The summed E-state index contributed by atoms with van der Waals surface area (Å²) in [6, 6.07) is 0.462. The summed E-state index contributed by atoms with van der Waals surface area (Å²) < 4.78 is 0. The number of carboxylic acids is 1. The van der Waals surface area contributed by atoms with E-state index >= 15 is 0 Å². The van der Waals surface area contributed by atoms with Crippen LogP contribution in [0, 0.1) is 0 Å². The smallest absolute Gasteiger partial charge is 0.303 e. The van der Waals surface area contributed by atoms with Gasteiger partial charge in [0.1, 0.15) is 5.01 Å². The molecule has 94 valence electrons. The van der Waals surface area contributed by atoms with E-state index in [9.17, 15) is 4.79 Å². The van der Waals surface area contributed by atoms with Crippen LogP contribution in [0.4, 0.5) is 0 Å². The molecule has 1 aromatic rings. The van der Waals surface area contributed by atoms with E-state index < -0.39 is 5.97 Å². The lowest BCUT2D eigenvalue weighted by atomic mass is 10.2. The minimum Gasteiger partial charge on any atom is -0.481 e. The number of aliphatic carboxylic acids is 1. The third kappa shape index (κ3) is 3.04. The number of carboxylic acid groups (broad SMARTS) is 1. The predicted molar refractivity (Wildman–Crippen MR) is 67.3 cm³/mol. The van der Waals surface area contributed by atoms with Crippen LogP contribution in [0.15, 0.2) is 6.20 Å². The largest absolute Gasteiger partial charge is 0.481 e. The van der Waals surface area contributed by atoms with Crippen LogP contribution in [-0.2, 0) is 11.2 Å². The number of aromatic nitrogens is 1. The highest BCUT2D eigenvalue weighted by Crippen LogP contribution is 2.34. The SMILES string of the molecule is CCN1CCCC1c1ncc(CCC(=O)O)s1. The Morgan fingerprint density at radius 2 is 2.53 bits per heavy atom. The maximum absolute atomic E-state index is 10.5. The lowest BCUT2D eigenvalue weighted by Gasteiger charge is -2.20. The Kier molecular flexibility index (Phi) is 4.12. The van der Waals surface area contributed by atoms with Crippen molar-refractivity contribution in [1.29, 1.82) is 0 Å². The van der Waals surface area contributed by atoms with Crippen LogP contribution in [0.5, 0.6) is 0 Å². The molecule has 0 amide bonds. The minimum absolute atomic E-state index is 0.198. The summed E-state index contributed by atoms with van der Waals surface area (Å²) in [5.74, 6) is -0.740. The maximum Gasteiger partial charge on any atom is 0.303 e. The van der Waals surface area contributed by atoms with Crippen molar-refractivity contribution < 1.29 is 9.90 Å². The summed E-state index contributed by atoms with van der Waals surface area (Å²) in [6.07, 6.45) is 5.06. The van der Waals surface area contributed by atoms with Crippen LogP contribution in [0.2, 0.25) is 0 Å². The van der Waals surface area contributed by atoms with Crippen LogP contribution in [0.1, 0.15) is 42.1 Å². The quantitative estimate of drug-likeness (QED) is 0.876. The average molecular weight is 254 g/mol. The van der Waals surface area contributed by atoms with Gasteiger partial charge in [-0.3, -0.25) is 9.69 Å². The van der Waals surface area contributed by atoms with Crippen LogP contribution in [0.25, 0.3) is 0 Å². The van der Waals surface area contributed by atoms with Crippen LogP contribution < -0.4 is 0 Å². The van der Waals surface area contributed by atoms with Crippen LogP contribution >= 0.6 is 11.3 Å². The first-order valence-corrected chi connectivity index (χ1v) is 6.92. The molecule has 1 aromatic heterocycles. The topological polar surface area (TPSA) is 53.4 Å². The molecule has 1 saturated heterocycles. The second-order valence-electron chi connectivity index (χ2n) is 4.35. The maximum atomic E-state index is 10.5. The van der Waals surface area contributed by atoms with E-state index in [1.807, 2.05) is 6.20 Å². The van der Waals surface area contributed by atoms with Crippen molar-refractivity contribution in [3.05, 3.63) is 16.1 Å². The van der Waals surface area contributed by atoms with Gasteiger partial charge in [0.25, 0.3) is 0 Å². The van der Waals surface area contributed by atoms with E-state index in [2.05, 4.69) is 16.8 Å². The molecule has 0 radical (unpaired) electrons. The highest BCUT2D eigenvalue weighted by molar-refractivity contribution is 7.11. The van der Waals surface area contributed by atoms with Crippen molar-refractivity contribution in [2.75, 3.05) is 13.1 Å². The summed E-state index contributed by atoms with van der Waals surface area (Å²) in [6.45, 7) is 4.40. The standard InChI is InChI=1S/C12H18N2O2S/c1-2-14-7-3-4-10(14)12-13-8-9(17-12)5-6-11(15)16/h8,10H,2-7H2,1H3,(H,15,16). The monoisotopic (exact) mass is 254 g/mol. The molecule has 17 heavy (non-hydrogen) atoms. The van der Waals surface area contributed by atoms with Gasteiger partial charge in [0.05, 0.1) is 12.5 Å². The summed E-state index contributed by atoms with van der Waals surface area (Å²) in [5.41, 5.74) is 0. The Hall–Kier alpha value is -0.940. The second-order valence-corrected chi connectivity index (χ2v) is 5.49. The van der Waals surface area contributed by atoms with E-state index in [0.717, 1.165) is 23.0 Å². The van der Waals surface area contributed by atoms with E-state index in [-0.39, 0.29) is 6.42 Å². The fourth-order valence-corrected chi connectivity index (χ4v) is 3.39. The summed E-state index contributed by atoms with van der Waals surface area (Å²) in [7, 11) is 0. The van der Waals surface area contributed by atoms with Gasteiger partial charge in [-0.2, -0.15) is 0 Å². The Morgan fingerprint density at radius 3 is 3.24 bits per heavy atom. The molecule has 1 aliphatic rings. The number of rotatable bonds is 5. The Morgan fingerprint density at radius 1 is 1.71 bits per heavy atom. The molecule has 0 saturated carbocycles. The van der Waals surface area contributed by atoms with Gasteiger partial charge < -0.3 is 5.11 Å². The lowest BCUT2D eigenvalue weighted by molar-refractivity contribution is -0.136. The Balaban J connectivity index is 1.99. The van der Waals surface area contributed by atoms with Crippen molar-refractivity contribution in [3.63, 3.8) is 0 Å². The molecule has 2 rings (SSSR count). The molecule has 1 N–H and O–H groups in total. The van der Waals surface area contributed by atoms with Crippen molar-refractivity contribution >= 4 is 17.3 Å². The summed E-state index contributed by atoms with van der Waals surface area (Å²) >= 11 is 1.68. The molecule has 0 bridgehead atoms. The summed E-state index contributed by atoms with van der Waals surface area (Å²) in [5, 5.41) is 9.81. The van der Waals surface area contributed by atoms with Gasteiger partial charge in [0, 0.05) is 11.1 Å². The first-order valence-electron chi connectivity index (χ1n) is 6.11. The van der Waals surface area contributed by atoms with Crippen molar-refractivity contribution in [2.24, 2.45) is 0 Å². The van der Waals surface area contributed by atoms with Crippen molar-refractivity contribution in [2.45, 2.75) is 38.6 Å². The molecule has 0 aliphatic carbocycles. The molecular formula is C12H18N2O2S. The molecule has 5 heteroatoms. The fraction of sp³-hybridized carbons (Fsp3) is 0.667. The number of thiazole rings is 1. The first kappa shape index (κ1) is 12.5. The van der Waals surface area contributed by atoms with Gasteiger partial charge in [-0.15, -0.1) is 11.3 Å². The fourth-order valence-electron chi connectivity index (χ4n) is 2.31. The zero-order valence-electron chi connectivity index (χ0n) is 10.1. The van der Waals surface area contributed by atoms with Gasteiger partial charge in [0.2, 0.25) is 0 Å². The second kappa shape index (κ2) is 5.60. The van der Waals surface area contributed by atoms with E-state index in [4.69, 9.17) is 5.11 Å². The minimum atomic E-state index is -0.740. The predicted octanol–water partition coefficient (Wildman–Crippen LogP) is 2.32. The average Bonchev–Trinajstić information content (AvgIpc) is 2.94. The zero-order chi connectivity index (χ0) is 12.3. The summed E-state index contributed by atoms with van der Waals surface area (Å²) in [4.78, 5) is 18.5. The van der Waals surface area contributed by atoms with Crippen molar-refractivity contribution in [3.8, 4) is 0 Å². The molecular weight excluding hydrogens is 236 g/mol. The van der Waals surface area contributed by atoms with E-state index in [1.54, 1.807) is 11.3 Å². The molecule has 1 unspecified atom stereocenters. The van der Waals surface area contributed by atoms with Crippen molar-refractivity contribution in [1.82, 2.24) is 9.88 Å². The van der Waals surface area contributed by atoms with Crippen LogP contribution in [-0.4, -0.2) is 34.0 Å². The first-order chi connectivity index (χ1) is 8.20. The van der Waals surface area contributed by atoms with Gasteiger partial charge in [-0.25, -0.2) is 4.98 Å². The van der Waals surface area contributed by atoms with Gasteiger partial charge in [0.15, 0.2) is 0 Å². The molecule has 4 nitrogen and oxygen atoms in total. The number of hydrogen-bond acceptors (Lipinski definition) is 4. The third-order valence-corrected chi connectivity index (χ3v) is 4.37. The normalized spacial score (nSPS) is 20.9. The Bertz CT molecular complexity index is 392. The van der Waals surface area contributed by atoms with Gasteiger partial charge >= 0.3 is 5.97 Å². The zero-order valence-corrected chi connectivity index (χ0v) is 10.9. The highest BCUT2D eigenvalue weighted by Gasteiger charge is 2.26. The van der Waals surface area contributed by atoms with Crippen LogP contribution in [0.3, 0.4) is 0 Å². The number of aryl methyl sites for hydroxylation is 1. The molecule has 2 heterocycles. The molecule has 1 atom stereocenters. The molecule has 0 spiro atoms. The third-order valence-electron chi connectivity index (χ3n) is 3.21.